The Labute approximate surface area is 123 Å². The lowest BCUT2D eigenvalue weighted by Crippen LogP contribution is -2.35. The van der Waals surface area contributed by atoms with E-state index in [1.54, 1.807) is 0 Å². The molecule has 1 aromatic rings. The van der Waals surface area contributed by atoms with Crippen molar-refractivity contribution < 1.29 is 13.2 Å². The van der Waals surface area contributed by atoms with Gasteiger partial charge in [0.2, 0.25) is 10.0 Å². The monoisotopic (exact) mass is 317 g/mol. The van der Waals surface area contributed by atoms with Crippen molar-refractivity contribution in [2.24, 2.45) is 0 Å². The van der Waals surface area contributed by atoms with Gasteiger partial charge in [-0.15, -0.1) is 0 Å². The first-order valence-corrected chi connectivity index (χ1v) is 7.66. The predicted molar refractivity (Wildman–Crippen MR) is 76.7 cm³/mol. The number of halogens is 1. The van der Waals surface area contributed by atoms with Crippen LogP contribution < -0.4 is 5.73 Å². The molecule has 0 saturated carbocycles. The summed E-state index contributed by atoms with van der Waals surface area (Å²) in [5, 5.41) is 8.99. The maximum absolute atomic E-state index is 12.5. The van der Waals surface area contributed by atoms with Gasteiger partial charge >= 0.3 is 0 Å². The van der Waals surface area contributed by atoms with Crippen molar-refractivity contribution >= 4 is 27.3 Å². The Balaban J connectivity index is 3.11. The molecule has 8 heteroatoms. The number of methoxy groups -OCH3 is 1. The number of nitrogen functional groups attached to an aromatic ring is 1. The molecule has 0 spiro atoms. The largest absolute Gasteiger partial charge is 0.398 e. The first kappa shape index (κ1) is 16.7. The van der Waals surface area contributed by atoms with Gasteiger partial charge in [-0.1, -0.05) is 11.6 Å². The lowest BCUT2D eigenvalue weighted by atomic mass is 10.3. The molecule has 6 nitrogen and oxygen atoms in total. The second-order valence-corrected chi connectivity index (χ2v) is 6.33. The molecule has 0 aromatic heterocycles. The smallest absolute Gasteiger partial charge is 0.245 e. The molecule has 0 bridgehead atoms. The maximum Gasteiger partial charge on any atom is 0.245 e. The normalized spacial score (nSPS) is 11.5. The van der Waals surface area contributed by atoms with Crippen LogP contribution in [0, 0.1) is 11.3 Å². The third kappa shape index (κ3) is 4.08. The molecule has 2 N–H and O–H groups in total. The fourth-order valence-corrected chi connectivity index (χ4v) is 3.32. The average molecular weight is 318 g/mol. The summed E-state index contributed by atoms with van der Waals surface area (Å²) in [5.41, 5.74) is 5.80. The number of rotatable bonds is 7. The van der Waals surface area contributed by atoms with E-state index in [-0.39, 0.29) is 36.7 Å². The summed E-state index contributed by atoms with van der Waals surface area (Å²) in [7, 11) is -2.30. The van der Waals surface area contributed by atoms with Crippen molar-refractivity contribution in [3.8, 4) is 6.07 Å². The molecule has 0 aliphatic rings. The zero-order valence-corrected chi connectivity index (χ0v) is 12.6. The van der Waals surface area contributed by atoms with E-state index >= 15 is 0 Å². The van der Waals surface area contributed by atoms with Crippen LogP contribution in [0.2, 0.25) is 5.02 Å². The van der Waals surface area contributed by atoms with Crippen molar-refractivity contribution in [1.29, 1.82) is 5.26 Å². The van der Waals surface area contributed by atoms with Gasteiger partial charge in [0.05, 0.1) is 18.4 Å². The van der Waals surface area contributed by atoms with Crippen LogP contribution in [0.25, 0.3) is 0 Å². The summed E-state index contributed by atoms with van der Waals surface area (Å²) < 4.78 is 31.1. The van der Waals surface area contributed by atoms with Crippen LogP contribution in [0.5, 0.6) is 0 Å². The maximum atomic E-state index is 12.5. The van der Waals surface area contributed by atoms with Gasteiger partial charge in [0.15, 0.2) is 0 Å². The number of nitrogens with zero attached hydrogens (tertiary/aromatic N) is 2. The first-order chi connectivity index (χ1) is 9.43. The second-order valence-electron chi connectivity index (χ2n) is 3.99. The van der Waals surface area contributed by atoms with Crippen LogP contribution in [0.1, 0.15) is 6.42 Å². The summed E-state index contributed by atoms with van der Waals surface area (Å²) in [6.45, 7) is 0.477. The zero-order valence-electron chi connectivity index (χ0n) is 11.0. The van der Waals surface area contributed by atoms with E-state index < -0.39 is 10.0 Å². The zero-order chi connectivity index (χ0) is 15.2. The van der Waals surface area contributed by atoms with E-state index in [2.05, 4.69) is 0 Å². The molecule has 0 aliphatic heterocycles. The number of benzene rings is 1. The van der Waals surface area contributed by atoms with E-state index in [9.17, 15) is 8.42 Å². The van der Waals surface area contributed by atoms with E-state index in [0.29, 0.717) is 5.02 Å². The first-order valence-electron chi connectivity index (χ1n) is 5.84. The number of hydrogen-bond donors (Lipinski definition) is 1. The van der Waals surface area contributed by atoms with Gasteiger partial charge in [-0.3, -0.25) is 0 Å². The van der Waals surface area contributed by atoms with Crippen LogP contribution in [-0.4, -0.2) is 39.5 Å². The minimum absolute atomic E-state index is 0.0176. The van der Waals surface area contributed by atoms with Crippen LogP contribution >= 0.6 is 11.6 Å². The Hall–Kier alpha value is -1.33. The molecule has 20 heavy (non-hydrogen) atoms. The topological polar surface area (TPSA) is 96.4 Å². The van der Waals surface area contributed by atoms with E-state index in [4.69, 9.17) is 27.3 Å². The van der Waals surface area contributed by atoms with Crippen LogP contribution in [-0.2, 0) is 14.8 Å². The van der Waals surface area contributed by atoms with Crippen LogP contribution in [0.3, 0.4) is 0 Å². The third-order valence-corrected chi connectivity index (χ3v) is 4.82. The standard InChI is InChI=1S/C12H16ClN3O3S/c1-19-8-7-16(6-2-5-14)20(17,18)12-4-3-10(13)9-11(12)15/h3-4,9H,2,6-8,15H2,1H3. The highest BCUT2D eigenvalue weighted by Gasteiger charge is 2.26. The number of nitriles is 1. The minimum atomic E-state index is -3.77. The molecular weight excluding hydrogens is 302 g/mol. The summed E-state index contributed by atoms with van der Waals surface area (Å²) in [6.07, 6.45) is 0.0937. The highest BCUT2D eigenvalue weighted by molar-refractivity contribution is 7.89. The Morgan fingerprint density at radius 2 is 2.15 bits per heavy atom. The van der Waals surface area contributed by atoms with Crippen molar-refractivity contribution in [1.82, 2.24) is 4.31 Å². The molecule has 0 heterocycles. The van der Waals surface area contributed by atoms with Gasteiger partial charge in [0.25, 0.3) is 0 Å². The van der Waals surface area contributed by atoms with Gasteiger partial charge in [0.1, 0.15) is 4.90 Å². The molecule has 0 fully saturated rings. The number of sulfonamides is 1. The van der Waals surface area contributed by atoms with E-state index in [0.717, 1.165) is 0 Å². The molecule has 110 valence electrons. The summed E-state index contributed by atoms with van der Waals surface area (Å²) in [5.74, 6) is 0. The Bertz CT molecular complexity index is 598. The SMILES string of the molecule is COCCN(CCC#N)S(=O)(=O)c1ccc(Cl)cc1N. The molecule has 0 aliphatic carbocycles. The fraction of sp³-hybridized carbons (Fsp3) is 0.417. The molecular formula is C12H16ClN3O3S. The molecule has 0 radical (unpaired) electrons. The van der Waals surface area contributed by atoms with Crippen LogP contribution in [0.15, 0.2) is 23.1 Å². The molecule has 0 atom stereocenters. The van der Waals surface area contributed by atoms with Crippen LogP contribution in [0.4, 0.5) is 5.69 Å². The van der Waals surface area contributed by atoms with Crippen molar-refractivity contribution in [2.45, 2.75) is 11.3 Å². The number of anilines is 1. The highest BCUT2D eigenvalue weighted by Crippen LogP contribution is 2.25. The van der Waals surface area contributed by atoms with Gasteiger partial charge < -0.3 is 10.5 Å². The summed E-state index contributed by atoms with van der Waals surface area (Å²) >= 11 is 5.76. The Morgan fingerprint density at radius 3 is 2.70 bits per heavy atom. The Morgan fingerprint density at radius 1 is 1.45 bits per heavy atom. The van der Waals surface area contributed by atoms with Gasteiger partial charge in [-0.2, -0.15) is 9.57 Å². The second kappa shape index (κ2) is 7.45. The lowest BCUT2D eigenvalue weighted by molar-refractivity contribution is 0.179. The molecule has 0 unspecified atom stereocenters. The molecule has 0 saturated heterocycles. The molecule has 1 rings (SSSR count). The lowest BCUT2D eigenvalue weighted by Gasteiger charge is -2.21. The Kier molecular flexibility index (Phi) is 6.23. The highest BCUT2D eigenvalue weighted by atomic mass is 35.5. The molecule has 1 aromatic carbocycles. The van der Waals surface area contributed by atoms with Crippen molar-refractivity contribution in [2.75, 3.05) is 32.5 Å². The molecule has 0 amide bonds. The predicted octanol–water partition coefficient (Wildman–Crippen LogP) is 1.47. The number of ether oxygens (including phenoxy) is 1. The summed E-state index contributed by atoms with van der Waals surface area (Å²) in [4.78, 5) is -0.0176. The third-order valence-electron chi connectivity index (χ3n) is 2.61. The van der Waals surface area contributed by atoms with E-state index in [1.807, 2.05) is 6.07 Å². The van der Waals surface area contributed by atoms with Crippen molar-refractivity contribution in [3.63, 3.8) is 0 Å². The van der Waals surface area contributed by atoms with Gasteiger partial charge in [-0.25, -0.2) is 8.42 Å². The number of nitrogens with two attached hydrogens (primary N) is 1. The average Bonchev–Trinajstić information content (AvgIpc) is 2.38. The number of hydrogen-bond acceptors (Lipinski definition) is 5. The van der Waals surface area contributed by atoms with Gasteiger partial charge in [-0.05, 0) is 18.2 Å². The van der Waals surface area contributed by atoms with Gasteiger partial charge in [0, 0.05) is 31.6 Å². The summed E-state index contributed by atoms with van der Waals surface area (Å²) in [6, 6.07) is 6.13. The van der Waals surface area contributed by atoms with Crippen molar-refractivity contribution in [3.05, 3.63) is 23.2 Å². The fourth-order valence-electron chi connectivity index (χ4n) is 1.61. The quantitative estimate of drug-likeness (QED) is 0.768. The van der Waals surface area contributed by atoms with E-state index in [1.165, 1.54) is 29.6 Å². The minimum Gasteiger partial charge on any atom is -0.398 e.